The van der Waals surface area contributed by atoms with Gasteiger partial charge < -0.3 is 15.0 Å². The number of hydrogen-bond donors (Lipinski definition) is 1. The molecule has 0 bridgehead atoms. The van der Waals surface area contributed by atoms with Crippen molar-refractivity contribution in [3.8, 4) is 5.88 Å². The van der Waals surface area contributed by atoms with Gasteiger partial charge in [-0.1, -0.05) is 6.07 Å². The number of nitrogens with zero attached hydrogens (tertiary/aromatic N) is 3. The van der Waals surface area contributed by atoms with E-state index in [0.717, 1.165) is 0 Å². The predicted molar refractivity (Wildman–Crippen MR) is 89.1 cm³/mol. The Balaban J connectivity index is 2.22. The van der Waals surface area contributed by atoms with Gasteiger partial charge in [0, 0.05) is 24.5 Å². The van der Waals surface area contributed by atoms with Crippen LogP contribution in [0.2, 0.25) is 0 Å². The summed E-state index contributed by atoms with van der Waals surface area (Å²) in [6.07, 6.45) is 3.00. The Kier molecular flexibility index (Phi) is 6.03. The molecule has 0 spiro atoms. The second-order valence-electron chi connectivity index (χ2n) is 5.87. The Morgan fingerprint density at radius 2 is 1.75 bits per heavy atom. The molecule has 0 fully saturated rings. The summed E-state index contributed by atoms with van der Waals surface area (Å²) in [5.74, 6) is -0.351. The lowest BCUT2D eigenvalue weighted by Crippen LogP contribution is -2.29. The van der Waals surface area contributed by atoms with Crippen molar-refractivity contribution in [1.29, 1.82) is 0 Å². The van der Waals surface area contributed by atoms with Crippen LogP contribution in [0.3, 0.4) is 0 Å². The molecule has 0 saturated carbocycles. The fraction of sp³-hybridized carbons (Fsp3) is 0.412. The number of nitrogens with one attached hydrogen (secondary N) is 1. The van der Waals surface area contributed by atoms with Crippen LogP contribution in [0.4, 0.5) is 14.6 Å². The fourth-order valence-electron chi connectivity index (χ4n) is 2.32. The lowest BCUT2D eigenvalue weighted by atomic mass is 10.0. The van der Waals surface area contributed by atoms with Gasteiger partial charge in [-0.25, -0.2) is 18.7 Å². The topological polar surface area (TPSA) is 50.3 Å². The number of halogens is 2. The van der Waals surface area contributed by atoms with E-state index >= 15 is 0 Å². The second-order valence-corrected chi connectivity index (χ2v) is 5.87. The molecule has 2 rings (SSSR count). The van der Waals surface area contributed by atoms with E-state index < -0.39 is 17.7 Å². The first kappa shape index (κ1) is 18.1. The van der Waals surface area contributed by atoms with Crippen LogP contribution in [0.15, 0.2) is 30.6 Å². The Morgan fingerprint density at radius 1 is 1.12 bits per heavy atom. The first-order chi connectivity index (χ1) is 11.4. The maximum absolute atomic E-state index is 14.1. The molecule has 1 atom stereocenters. The number of anilines is 1. The number of ether oxygens (including phenoxy) is 1. The van der Waals surface area contributed by atoms with E-state index in [1.54, 1.807) is 19.0 Å². The zero-order chi connectivity index (χ0) is 17.7. The minimum absolute atomic E-state index is 0.0187. The molecule has 1 heterocycles. The molecule has 0 aliphatic heterocycles. The van der Waals surface area contributed by atoms with Gasteiger partial charge in [0.25, 0.3) is 5.88 Å². The minimum atomic E-state index is -0.576. The van der Waals surface area contributed by atoms with Crippen molar-refractivity contribution >= 4 is 5.82 Å². The number of benzene rings is 1. The summed E-state index contributed by atoms with van der Waals surface area (Å²) in [5, 5.41) is 3.08. The molecule has 0 amide bonds. The molecule has 1 aromatic heterocycles. The van der Waals surface area contributed by atoms with E-state index in [1.165, 1.54) is 30.6 Å². The Hall–Kier alpha value is -2.28. The molecule has 1 aromatic carbocycles. The normalized spacial score (nSPS) is 12.5. The summed E-state index contributed by atoms with van der Waals surface area (Å²) in [5.41, 5.74) is 0.0187. The van der Waals surface area contributed by atoms with Crippen LogP contribution in [0.1, 0.15) is 25.5 Å². The highest BCUT2D eigenvalue weighted by molar-refractivity contribution is 5.45. The average Bonchev–Trinajstić information content (AvgIpc) is 2.50. The van der Waals surface area contributed by atoms with Crippen molar-refractivity contribution in [1.82, 2.24) is 14.9 Å². The van der Waals surface area contributed by atoms with Crippen LogP contribution in [0.25, 0.3) is 0 Å². The van der Waals surface area contributed by atoms with Gasteiger partial charge >= 0.3 is 0 Å². The van der Waals surface area contributed by atoms with Gasteiger partial charge in [0.05, 0.1) is 12.1 Å². The van der Waals surface area contributed by atoms with Gasteiger partial charge in [-0.05, 0) is 40.1 Å². The average molecular weight is 336 g/mol. The largest absolute Gasteiger partial charge is 0.472 e. The number of likely N-dealkylation sites (N-methyl/N-ethyl adjacent to an activating group) is 1. The highest BCUT2D eigenvalue weighted by atomic mass is 19.1. The fourth-order valence-corrected chi connectivity index (χ4v) is 2.32. The number of aromatic nitrogens is 2. The van der Waals surface area contributed by atoms with E-state index in [9.17, 15) is 8.78 Å². The summed E-state index contributed by atoms with van der Waals surface area (Å²) in [6, 6.07) is 3.35. The molecule has 1 unspecified atom stereocenters. The third-order valence-corrected chi connectivity index (χ3v) is 3.43. The van der Waals surface area contributed by atoms with Gasteiger partial charge in [0.1, 0.15) is 11.6 Å². The molecule has 0 aliphatic carbocycles. The summed E-state index contributed by atoms with van der Waals surface area (Å²) in [7, 11) is 3.53. The maximum Gasteiger partial charge on any atom is 0.257 e. The van der Waals surface area contributed by atoms with Crippen LogP contribution in [-0.2, 0) is 0 Å². The molecule has 0 saturated heterocycles. The van der Waals surface area contributed by atoms with Crippen molar-refractivity contribution in [2.45, 2.75) is 26.0 Å². The maximum atomic E-state index is 14.1. The van der Waals surface area contributed by atoms with Gasteiger partial charge in [-0.3, -0.25) is 0 Å². The van der Waals surface area contributed by atoms with Crippen LogP contribution in [0, 0.1) is 11.6 Å². The highest BCUT2D eigenvalue weighted by Gasteiger charge is 2.22. The molecule has 0 radical (unpaired) electrons. The van der Waals surface area contributed by atoms with Crippen molar-refractivity contribution in [3.63, 3.8) is 0 Å². The van der Waals surface area contributed by atoms with E-state index in [0.29, 0.717) is 11.7 Å². The third kappa shape index (κ3) is 4.38. The SMILES string of the molecule is CC(C)Oc1nccnc1NCC(c1c(F)cccc1F)N(C)C. The van der Waals surface area contributed by atoms with E-state index in [2.05, 4.69) is 15.3 Å². The quantitative estimate of drug-likeness (QED) is 0.841. The summed E-state index contributed by atoms with van der Waals surface area (Å²) < 4.78 is 33.8. The van der Waals surface area contributed by atoms with E-state index in [1.807, 2.05) is 13.8 Å². The van der Waals surface area contributed by atoms with Crippen molar-refractivity contribution in [2.24, 2.45) is 0 Å². The standard InChI is InChI=1S/C17H22F2N4O/c1-11(2)24-17-16(20-8-9-21-17)22-10-14(23(3)4)15-12(18)6-5-7-13(15)19/h5-9,11,14H,10H2,1-4H3,(H,20,22). The molecule has 24 heavy (non-hydrogen) atoms. The Labute approximate surface area is 140 Å². The van der Waals surface area contributed by atoms with Crippen LogP contribution >= 0.6 is 0 Å². The predicted octanol–water partition coefficient (Wildman–Crippen LogP) is 3.26. The monoisotopic (exact) mass is 336 g/mol. The highest BCUT2D eigenvalue weighted by Crippen LogP contribution is 2.26. The molecule has 2 aromatic rings. The molecule has 0 aliphatic rings. The molecule has 130 valence electrons. The lowest BCUT2D eigenvalue weighted by molar-refractivity contribution is 0.232. The zero-order valence-corrected chi connectivity index (χ0v) is 14.3. The van der Waals surface area contributed by atoms with Gasteiger partial charge in [0.2, 0.25) is 0 Å². The molecular formula is C17H22F2N4O. The third-order valence-electron chi connectivity index (χ3n) is 3.43. The summed E-state index contributed by atoms with van der Waals surface area (Å²) in [6.45, 7) is 4.02. The molecular weight excluding hydrogens is 314 g/mol. The van der Waals surface area contributed by atoms with Crippen molar-refractivity contribution < 1.29 is 13.5 Å². The van der Waals surface area contributed by atoms with Gasteiger partial charge in [0.15, 0.2) is 5.82 Å². The van der Waals surface area contributed by atoms with Crippen LogP contribution < -0.4 is 10.1 Å². The second kappa shape index (κ2) is 8.01. The summed E-state index contributed by atoms with van der Waals surface area (Å²) >= 11 is 0. The molecule has 5 nitrogen and oxygen atoms in total. The minimum Gasteiger partial charge on any atom is -0.472 e. The first-order valence-electron chi connectivity index (χ1n) is 7.72. The summed E-state index contributed by atoms with van der Waals surface area (Å²) in [4.78, 5) is 10.1. The zero-order valence-electron chi connectivity index (χ0n) is 14.3. The molecule has 1 N–H and O–H groups in total. The van der Waals surface area contributed by atoms with E-state index in [-0.39, 0.29) is 18.2 Å². The number of rotatable bonds is 7. The van der Waals surface area contributed by atoms with Crippen LogP contribution in [0.5, 0.6) is 5.88 Å². The lowest BCUT2D eigenvalue weighted by Gasteiger charge is -2.26. The van der Waals surface area contributed by atoms with Crippen molar-refractivity contribution in [3.05, 3.63) is 47.8 Å². The number of hydrogen-bond acceptors (Lipinski definition) is 5. The Morgan fingerprint density at radius 3 is 2.33 bits per heavy atom. The van der Waals surface area contributed by atoms with Gasteiger partial charge in [-0.15, -0.1) is 0 Å². The first-order valence-corrected chi connectivity index (χ1v) is 7.72. The molecule has 7 heteroatoms. The smallest absolute Gasteiger partial charge is 0.257 e. The van der Waals surface area contributed by atoms with Crippen LogP contribution in [-0.4, -0.2) is 41.6 Å². The van der Waals surface area contributed by atoms with Crippen molar-refractivity contribution in [2.75, 3.05) is 26.0 Å². The Bertz CT molecular complexity index is 659. The van der Waals surface area contributed by atoms with Gasteiger partial charge in [-0.2, -0.15) is 0 Å². The van der Waals surface area contributed by atoms with E-state index in [4.69, 9.17) is 4.74 Å².